The highest BCUT2D eigenvalue weighted by Gasteiger charge is 2.14. The van der Waals surface area contributed by atoms with E-state index in [4.69, 9.17) is 16.6 Å². The summed E-state index contributed by atoms with van der Waals surface area (Å²) in [6.07, 6.45) is 2.03. The van der Waals surface area contributed by atoms with Gasteiger partial charge in [-0.2, -0.15) is 11.8 Å². The molecule has 4 aromatic rings. The lowest BCUT2D eigenvalue weighted by Crippen LogP contribution is -2.27. The molecule has 2 aromatic heterocycles. The number of nitrogens with zero attached hydrogens (tertiary/aromatic N) is 3. The molecule has 0 fully saturated rings. The Bertz CT molecular complexity index is 1180. The fourth-order valence-electron chi connectivity index (χ4n) is 3.32. The monoisotopic (exact) mass is 456 g/mol. The van der Waals surface area contributed by atoms with Crippen molar-refractivity contribution < 1.29 is 4.79 Å². The second kappa shape index (κ2) is 9.20. The number of amides is 1. The molecule has 0 radical (unpaired) electrons. The van der Waals surface area contributed by atoms with Crippen LogP contribution in [-0.4, -0.2) is 26.7 Å². The number of para-hydroxylation sites is 2. The molecule has 2 heterocycles. The number of aryl methyl sites for hydroxylation is 1. The summed E-state index contributed by atoms with van der Waals surface area (Å²) in [6, 6.07) is 15.6. The van der Waals surface area contributed by atoms with Crippen LogP contribution in [0.4, 0.5) is 0 Å². The summed E-state index contributed by atoms with van der Waals surface area (Å²) in [7, 11) is 0. The summed E-state index contributed by atoms with van der Waals surface area (Å²) in [5.41, 5.74) is 3.85. The van der Waals surface area contributed by atoms with E-state index in [1.807, 2.05) is 66.3 Å². The molecule has 0 saturated carbocycles. The second-order valence-electron chi connectivity index (χ2n) is 6.83. The number of nitrogens with one attached hydrogen (secondary N) is 1. The molecule has 4 rings (SSSR count). The molecule has 0 aliphatic rings. The van der Waals surface area contributed by atoms with Gasteiger partial charge in [-0.1, -0.05) is 35.9 Å². The molecule has 0 aliphatic heterocycles. The van der Waals surface area contributed by atoms with E-state index in [1.54, 1.807) is 23.1 Å². The van der Waals surface area contributed by atoms with Crippen LogP contribution in [0.15, 0.2) is 48.5 Å². The zero-order valence-corrected chi connectivity index (χ0v) is 19.1. The number of hydrogen-bond acceptors (Lipinski definition) is 5. The fourth-order valence-corrected chi connectivity index (χ4v) is 4.82. The van der Waals surface area contributed by atoms with E-state index in [2.05, 4.69) is 10.3 Å². The molecule has 0 bridgehead atoms. The van der Waals surface area contributed by atoms with Crippen molar-refractivity contribution >= 4 is 51.6 Å². The van der Waals surface area contributed by atoms with Crippen molar-refractivity contribution in [2.24, 2.45) is 0 Å². The maximum absolute atomic E-state index is 12.7. The van der Waals surface area contributed by atoms with Gasteiger partial charge in [0.25, 0.3) is 0 Å². The predicted molar refractivity (Wildman–Crippen MR) is 126 cm³/mol. The van der Waals surface area contributed by atoms with Crippen molar-refractivity contribution in [3.63, 3.8) is 0 Å². The van der Waals surface area contributed by atoms with Gasteiger partial charge in [0.15, 0.2) is 0 Å². The fraction of sp³-hybridized carbons (Fsp3) is 0.227. The lowest BCUT2D eigenvalue weighted by atomic mass is 10.1. The first-order valence-corrected chi connectivity index (χ1v) is 12.1. The Morgan fingerprint density at radius 1 is 1.17 bits per heavy atom. The van der Waals surface area contributed by atoms with Crippen LogP contribution in [0, 0.1) is 6.92 Å². The van der Waals surface area contributed by atoms with Gasteiger partial charge in [0.1, 0.15) is 17.4 Å². The van der Waals surface area contributed by atoms with Crippen LogP contribution in [0.3, 0.4) is 0 Å². The van der Waals surface area contributed by atoms with Gasteiger partial charge in [0, 0.05) is 15.5 Å². The number of aromatic nitrogens is 3. The Kier molecular flexibility index (Phi) is 6.41. The number of fused-ring (bicyclic) bond motifs is 1. The van der Waals surface area contributed by atoms with Gasteiger partial charge in [-0.3, -0.25) is 4.79 Å². The van der Waals surface area contributed by atoms with Crippen LogP contribution < -0.4 is 5.32 Å². The highest BCUT2D eigenvalue weighted by molar-refractivity contribution is 7.97. The summed E-state index contributed by atoms with van der Waals surface area (Å²) < 4.78 is 1.99. The number of thioether (sulfide) groups is 1. The topological polar surface area (TPSA) is 59.8 Å². The molecule has 1 amide bonds. The maximum Gasteiger partial charge on any atom is 0.240 e. The van der Waals surface area contributed by atoms with Crippen molar-refractivity contribution in [3.8, 4) is 11.3 Å². The smallest absolute Gasteiger partial charge is 0.240 e. The summed E-state index contributed by atoms with van der Waals surface area (Å²) >= 11 is 9.27. The van der Waals surface area contributed by atoms with Gasteiger partial charge in [-0.15, -0.1) is 11.3 Å². The number of imidazole rings is 1. The molecule has 154 valence electrons. The largest absolute Gasteiger partial charge is 0.348 e. The molecular formula is C22H21ClN4OS2. The number of benzene rings is 2. The van der Waals surface area contributed by atoms with Gasteiger partial charge in [0.2, 0.25) is 5.91 Å². The van der Waals surface area contributed by atoms with Crippen molar-refractivity contribution in [2.45, 2.75) is 25.8 Å². The van der Waals surface area contributed by atoms with Crippen LogP contribution in [0.1, 0.15) is 15.7 Å². The van der Waals surface area contributed by atoms with E-state index in [-0.39, 0.29) is 12.5 Å². The third-order valence-corrected chi connectivity index (χ3v) is 6.47. The quantitative estimate of drug-likeness (QED) is 0.410. The number of rotatable bonds is 7. The Morgan fingerprint density at radius 2 is 1.93 bits per heavy atom. The van der Waals surface area contributed by atoms with Gasteiger partial charge in [0.05, 0.1) is 29.0 Å². The van der Waals surface area contributed by atoms with Crippen molar-refractivity contribution in [3.05, 3.63) is 69.3 Å². The van der Waals surface area contributed by atoms with Crippen LogP contribution in [0.2, 0.25) is 5.02 Å². The number of halogens is 1. The minimum absolute atomic E-state index is 0.0543. The third kappa shape index (κ3) is 4.53. The molecule has 2 aromatic carbocycles. The molecule has 0 unspecified atom stereocenters. The van der Waals surface area contributed by atoms with Crippen molar-refractivity contribution in [1.82, 2.24) is 19.9 Å². The van der Waals surface area contributed by atoms with E-state index in [0.717, 1.165) is 43.8 Å². The number of carbonyl (C=O) groups is 1. The first-order valence-electron chi connectivity index (χ1n) is 9.47. The normalized spacial score (nSPS) is 11.2. The van der Waals surface area contributed by atoms with E-state index >= 15 is 0 Å². The zero-order valence-electron chi connectivity index (χ0n) is 16.7. The van der Waals surface area contributed by atoms with Gasteiger partial charge < -0.3 is 9.88 Å². The molecule has 30 heavy (non-hydrogen) atoms. The minimum atomic E-state index is -0.0543. The molecule has 8 heteroatoms. The standard InChI is InChI=1S/C22H21ClN4OS2/c1-14-22(15-7-9-16(23)10-8-15)26-21(30-14)11-24-20(28)12-27-18-6-4-3-5-17(18)25-19(27)13-29-2/h3-10H,11-13H2,1-2H3,(H,24,28). The van der Waals surface area contributed by atoms with Gasteiger partial charge in [-0.25, -0.2) is 9.97 Å². The Hall–Kier alpha value is -2.35. The lowest BCUT2D eigenvalue weighted by molar-refractivity contribution is -0.121. The van der Waals surface area contributed by atoms with Crippen LogP contribution in [0.5, 0.6) is 0 Å². The maximum atomic E-state index is 12.7. The van der Waals surface area contributed by atoms with E-state index in [9.17, 15) is 4.79 Å². The first kappa shape index (κ1) is 20.9. The SMILES string of the molecule is CSCc1nc2ccccc2n1CC(=O)NCc1nc(-c2ccc(Cl)cc2)c(C)s1. The Balaban J connectivity index is 1.46. The molecule has 0 aliphatic carbocycles. The highest BCUT2D eigenvalue weighted by atomic mass is 35.5. The number of carbonyl (C=O) groups excluding carboxylic acids is 1. The van der Waals surface area contributed by atoms with E-state index in [0.29, 0.717) is 11.6 Å². The summed E-state index contributed by atoms with van der Waals surface area (Å²) in [4.78, 5) is 23.2. The van der Waals surface area contributed by atoms with Crippen molar-refractivity contribution in [1.29, 1.82) is 0 Å². The Morgan fingerprint density at radius 3 is 2.70 bits per heavy atom. The molecule has 0 atom stereocenters. The Labute approximate surface area is 188 Å². The minimum Gasteiger partial charge on any atom is -0.348 e. The molecule has 0 spiro atoms. The highest BCUT2D eigenvalue weighted by Crippen LogP contribution is 2.28. The predicted octanol–water partition coefficient (Wildman–Crippen LogP) is 5.30. The molecule has 0 saturated heterocycles. The van der Waals surface area contributed by atoms with E-state index in [1.165, 1.54) is 0 Å². The number of hydrogen-bond donors (Lipinski definition) is 1. The van der Waals surface area contributed by atoms with E-state index < -0.39 is 0 Å². The first-order chi connectivity index (χ1) is 14.5. The average molecular weight is 457 g/mol. The summed E-state index contributed by atoms with van der Waals surface area (Å²) in [6.45, 7) is 2.69. The van der Waals surface area contributed by atoms with Crippen LogP contribution >= 0.6 is 34.7 Å². The van der Waals surface area contributed by atoms with Crippen LogP contribution in [0.25, 0.3) is 22.3 Å². The third-order valence-electron chi connectivity index (χ3n) is 4.70. The number of thiazole rings is 1. The second-order valence-corrected chi connectivity index (χ2v) is 9.42. The molecular weight excluding hydrogens is 436 g/mol. The van der Waals surface area contributed by atoms with Crippen molar-refractivity contribution in [2.75, 3.05) is 6.26 Å². The summed E-state index contributed by atoms with van der Waals surface area (Å²) in [5, 5.41) is 4.59. The molecule has 5 nitrogen and oxygen atoms in total. The zero-order chi connectivity index (χ0) is 21.1. The van der Waals surface area contributed by atoms with Gasteiger partial charge in [-0.05, 0) is 37.4 Å². The lowest BCUT2D eigenvalue weighted by Gasteiger charge is -2.09. The molecule has 1 N–H and O–H groups in total. The summed E-state index contributed by atoms with van der Waals surface area (Å²) in [5.74, 6) is 1.62. The van der Waals surface area contributed by atoms with Gasteiger partial charge >= 0.3 is 0 Å². The van der Waals surface area contributed by atoms with Crippen LogP contribution in [-0.2, 0) is 23.6 Å². The average Bonchev–Trinajstić information content (AvgIpc) is 3.28.